The number of likely N-dealkylation sites (N-methyl/N-ethyl adjacent to an activating group) is 1. The van der Waals surface area contributed by atoms with E-state index in [0.717, 1.165) is 31.9 Å². The van der Waals surface area contributed by atoms with Crippen molar-refractivity contribution in [1.82, 2.24) is 9.47 Å². The molecule has 1 aromatic heterocycles. The predicted molar refractivity (Wildman–Crippen MR) is 114 cm³/mol. The van der Waals surface area contributed by atoms with E-state index in [-0.39, 0.29) is 5.56 Å². The number of aromatic nitrogens is 1. The molecule has 4 rings (SSSR count). The highest BCUT2D eigenvalue weighted by Crippen LogP contribution is 2.23. The molecule has 0 aliphatic carbocycles. The average molecular weight is 406 g/mol. The summed E-state index contributed by atoms with van der Waals surface area (Å²) in [5, 5.41) is 0.665. The molecule has 0 unspecified atom stereocenters. The van der Waals surface area contributed by atoms with Gasteiger partial charge in [0, 0.05) is 31.9 Å². The number of ether oxygens (including phenoxy) is 1. The molecule has 0 saturated carbocycles. The van der Waals surface area contributed by atoms with Crippen molar-refractivity contribution in [2.75, 3.05) is 38.1 Å². The number of nitrogens with zero attached hydrogens (tertiary/aromatic N) is 3. The maximum Gasteiger partial charge on any atom is 0.412 e. The molecule has 1 aliphatic rings. The Hall–Kier alpha value is -3.65. The quantitative estimate of drug-likeness (QED) is 0.528. The van der Waals surface area contributed by atoms with E-state index in [2.05, 4.69) is 21.6 Å². The zero-order valence-electron chi connectivity index (χ0n) is 16.6. The van der Waals surface area contributed by atoms with E-state index in [1.54, 1.807) is 12.1 Å². The molecule has 1 saturated heterocycles. The second-order valence-electron chi connectivity index (χ2n) is 7.28. The molecule has 2 heterocycles. The first kappa shape index (κ1) is 19.7. The maximum atomic E-state index is 13.2. The van der Waals surface area contributed by atoms with E-state index < -0.39 is 17.6 Å². The third-order valence-electron chi connectivity index (χ3n) is 5.28. The Morgan fingerprint density at radius 1 is 0.933 bits per heavy atom. The van der Waals surface area contributed by atoms with Crippen molar-refractivity contribution in [2.45, 2.75) is 0 Å². The maximum absolute atomic E-state index is 13.2. The van der Waals surface area contributed by atoms with Crippen molar-refractivity contribution in [3.63, 3.8) is 0 Å². The fraction of sp³-hybridized carbons (Fsp3) is 0.227. The summed E-state index contributed by atoms with van der Waals surface area (Å²) in [6.07, 6.45) is -1.25. The van der Waals surface area contributed by atoms with E-state index in [4.69, 9.17) is 5.73 Å². The summed E-state index contributed by atoms with van der Waals surface area (Å²) in [5.74, 6) is -1.07. The van der Waals surface area contributed by atoms with E-state index in [1.165, 1.54) is 10.6 Å². The van der Waals surface area contributed by atoms with Crippen LogP contribution in [0.4, 0.5) is 10.5 Å². The van der Waals surface area contributed by atoms with Crippen LogP contribution in [-0.4, -0.2) is 54.8 Å². The minimum atomic E-state index is -1.25. The molecule has 1 amide bonds. The molecule has 1 fully saturated rings. The van der Waals surface area contributed by atoms with Gasteiger partial charge in [-0.1, -0.05) is 24.3 Å². The van der Waals surface area contributed by atoms with E-state index >= 15 is 0 Å². The van der Waals surface area contributed by atoms with Crippen molar-refractivity contribution >= 4 is 28.7 Å². The molecule has 3 aromatic rings. The van der Waals surface area contributed by atoms with Gasteiger partial charge in [-0.15, -0.1) is 0 Å². The van der Waals surface area contributed by atoms with Crippen LogP contribution in [0, 0.1) is 0 Å². The number of esters is 1. The van der Waals surface area contributed by atoms with Gasteiger partial charge in [0.1, 0.15) is 5.56 Å². The summed E-state index contributed by atoms with van der Waals surface area (Å²) < 4.78 is 5.92. The summed E-state index contributed by atoms with van der Waals surface area (Å²) in [5.41, 5.74) is 6.40. The number of anilines is 1. The smallest absolute Gasteiger partial charge is 0.373 e. The SMILES string of the molecule is CN1CCN(c2cccc(-n3c(=O)c(C(=O)OC(N)=O)cc4ccccc43)c2)CC1. The van der Waals surface area contributed by atoms with Crippen molar-refractivity contribution < 1.29 is 14.3 Å². The van der Waals surface area contributed by atoms with Crippen LogP contribution in [0.25, 0.3) is 16.6 Å². The minimum Gasteiger partial charge on any atom is -0.373 e. The van der Waals surface area contributed by atoms with Crippen LogP contribution in [0.2, 0.25) is 0 Å². The Morgan fingerprint density at radius 2 is 1.63 bits per heavy atom. The lowest BCUT2D eigenvalue weighted by molar-refractivity contribution is 0.0636. The van der Waals surface area contributed by atoms with E-state index in [9.17, 15) is 14.4 Å². The number of nitrogens with two attached hydrogens (primary N) is 1. The van der Waals surface area contributed by atoms with Crippen LogP contribution in [0.5, 0.6) is 0 Å². The van der Waals surface area contributed by atoms with Crippen LogP contribution in [0.15, 0.2) is 59.4 Å². The third-order valence-corrected chi connectivity index (χ3v) is 5.28. The molecule has 0 bridgehead atoms. The van der Waals surface area contributed by atoms with Crippen molar-refractivity contribution in [3.05, 3.63) is 70.5 Å². The number of pyridine rings is 1. The number of primary amides is 1. The minimum absolute atomic E-state index is 0.252. The molecule has 0 spiro atoms. The van der Waals surface area contributed by atoms with Crippen molar-refractivity contribution in [3.8, 4) is 5.69 Å². The number of carbonyl (C=O) groups excluding carboxylic acids is 2. The molecule has 8 heteroatoms. The number of piperazine rings is 1. The van der Waals surface area contributed by atoms with Gasteiger partial charge in [0.25, 0.3) is 5.56 Å². The van der Waals surface area contributed by atoms with Gasteiger partial charge in [-0.25, -0.2) is 9.59 Å². The highest BCUT2D eigenvalue weighted by molar-refractivity contribution is 5.98. The fourth-order valence-electron chi connectivity index (χ4n) is 3.70. The van der Waals surface area contributed by atoms with Crippen LogP contribution in [-0.2, 0) is 4.74 Å². The van der Waals surface area contributed by atoms with Crippen molar-refractivity contribution in [2.24, 2.45) is 5.73 Å². The highest BCUT2D eigenvalue weighted by Gasteiger charge is 2.20. The predicted octanol–water partition coefficient (Wildman–Crippen LogP) is 1.98. The van der Waals surface area contributed by atoms with Crippen LogP contribution in [0.3, 0.4) is 0 Å². The average Bonchev–Trinajstić information content (AvgIpc) is 2.73. The van der Waals surface area contributed by atoms with Gasteiger partial charge < -0.3 is 20.3 Å². The molecule has 154 valence electrons. The molecule has 0 atom stereocenters. The lowest BCUT2D eigenvalue weighted by Crippen LogP contribution is -2.44. The zero-order valence-corrected chi connectivity index (χ0v) is 16.6. The summed E-state index contributed by atoms with van der Waals surface area (Å²) in [7, 11) is 2.09. The number of para-hydroxylation sites is 1. The Kier molecular flexibility index (Phi) is 5.24. The number of fused-ring (bicyclic) bond motifs is 1. The van der Waals surface area contributed by atoms with Gasteiger partial charge in [0.15, 0.2) is 0 Å². The van der Waals surface area contributed by atoms with Gasteiger partial charge in [-0.2, -0.15) is 0 Å². The van der Waals surface area contributed by atoms with Crippen molar-refractivity contribution in [1.29, 1.82) is 0 Å². The summed E-state index contributed by atoms with van der Waals surface area (Å²) >= 11 is 0. The summed E-state index contributed by atoms with van der Waals surface area (Å²) in [6, 6.07) is 16.3. The molecule has 1 aliphatic heterocycles. The largest absolute Gasteiger partial charge is 0.412 e. The molecular formula is C22H22N4O4. The monoisotopic (exact) mass is 406 g/mol. The normalized spacial score (nSPS) is 14.6. The highest BCUT2D eigenvalue weighted by atomic mass is 16.6. The molecule has 8 nitrogen and oxygen atoms in total. The van der Waals surface area contributed by atoms with Crippen LogP contribution in [0.1, 0.15) is 10.4 Å². The number of amides is 1. The summed E-state index contributed by atoms with van der Waals surface area (Å²) in [4.78, 5) is 41.1. The Labute approximate surface area is 173 Å². The first-order valence-electron chi connectivity index (χ1n) is 9.64. The van der Waals surface area contributed by atoms with Crippen LogP contribution < -0.4 is 16.2 Å². The van der Waals surface area contributed by atoms with E-state index in [1.807, 2.05) is 36.4 Å². The van der Waals surface area contributed by atoms with Gasteiger partial charge >= 0.3 is 12.1 Å². The number of benzene rings is 2. The molecule has 0 radical (unpaired) electrons. The molecule has 30 heavy (non-hydrogen) atoms. The molecule has 2 aromatic carbocycles. The number of hydrogen-bond donors (Lipinski definition) is 1. The Bertz CT molecular complexity index is 1180. The second-order valence-corrected chi connectivity index (χ2v) is 7.28. The Balaban J connectivity index is 1.85. The second kappa shape index (κ2) is 8.00. The van der Waals surface area contributed by atoms with Gasteiger partial charge in [-0.3, -0.25) is 9.36 Å². The molecule has 2 N–H and O–H groups in total. The standard InChI is InChI=1S/C22H22N4O4/c1-24-9-11-25(12-10-24)16-6-4-7-17(14-16)26-19-8-3-2-5-15(19)13-18(20(26)27)21(28)30-22(23)29/h2-8,13-14H,9-12H2,1H3,(H2,23,29). The first-order valence-corrected chi connectivity index (χ1v) is 9.64. The summed E-state index contributed by atoms with van der Waals surface area (Å²) in [6.45, 7) is 3.70. The molecular weight excluding hydrogens is 384 g/mol. The third kappa shape index (κ3) is 3.77. The topological polar surface area (TPSA) is 97.9 Å². The van der Waals surface area contributed by atoms with Gasteiger partial charge in [0.2, 0.25) is 0 Å². The van der Waals surface area contributed by atoms with Crippen LogP contribution >= 0.6 is 0 Å². The lowest BCUT2D eigenvalue weighted by Gasteiger charge is -2.34. The van der Waals surface area contributed by atoms with E-state index in [0.29, 0.717) is 16.6 Å². The van der Waals surface area contributed by atoms with Gasteiger partial charge in [0.05, 0.1) is 11.2 Å². The van der Waals surface area contributed by atoms with Gasteiger partial charge in [-0.05, 0) is 42.8 Å². The number of hydrogen-bond acceptors (Lipinski definition) is 6. The Morgan fingerprint density at radius 3 is 2.37 bits per heavy atom. The first-order chi connectivity index (χ1) is 14.4. The lowest BCUT2D eigenvalue weighted by atomic mass is 10.1. The number of rotatable bonds is 3. The number of carbonyl (C=O) groups is 2. The zero-order chi connectivity index (χ0) is 21.3. The fourth-order valence-corrected chi connectivity index (χ4v) is 3.70.